The molecule has 0 spiro atoms. The van der Waals surface area contributed by atoms with E-state index in [1.165, 1.54) is 11.1 Å². The smallest absolute Gasteiger partial charge is 0.225 e. The van der Waals surface area contributed by atoms with Crippen LogP contribution >= 0.6 is 11.8 Å². The summed E-state index contributed by atoms with van der Waals surface area (Å²) in [5, 5.41) is 0.642. The van der Waals surface area contributed by atoms with E-state index in [0.29, 0.717) is 23.5 Å². The number of aliphatic imine (C=N–C) groups is 1. The van der Waals surface area contributed by atoms with Crippen LogP contribution in [-0.4, -0.2) is 34.8 Å². The second-order valence-corrected chi connectivity index (χ2v) is 8.04. The predicted molar refractivity (Wildman–Crippen MR) is 99.7 cm³/mol. The van der Waals surface area contributed by atoms with E-state index >= 15 is 0 Å². The number of rotatable bonds is 3. The summed E-state index contributed by atoms with van der Waals surface area (Å²) in [7, 11) is 0. The molecule has 1 aliphatic carbocycles. The Morgan fingerprint density at radius 3 is 3.04 bits per heavy atom. The van der Waals surface area contributed by atoms with Gasteiger partial charge in [-0.25, -0.2) is 4.99 Å². The Balaban J connectivity index is 1.74. The molecule has 2 aliphatic heterocycles. The summed E-state index contributed by atoms with van der Waals surface area (Å²) in [5.41, 5.74) is 8.07. The van der Waals surface area contributed by atoms with E-state index in [-0.39, 0.29) is 11.5 Å². The Bertz CT molecular complexity index is 725. The molecule has 1 aromatic carbocycles. The molecule has 0 aromatic heterocycles. The number of hydrogen-bond donors (Lipinski definition) is 1. The summed E-state index contributed by atoms with van der Waals surface area (Å²) in [6, 6.07) is 8.51. The fourth-order valence-corrected chi connectivity index (χ4v) is 4.87. The van der Waals surface area contributed by atoms with Gasteiger partial charge in [0.05, 0.1) is 6.54 Å². The number of nitrogens with zero attached hydrogens (tertiary/aromatic N) is 2. The van der Waals surface area contributed by atoms with Crippen LogP contribution in [0.5, 0.6) is 0 Å². The summed E-state index contributed by atoms with van der Waals surface area (Å²) in [5.74, 6) is 1.83. The van der Waals surface area contributed by atoms with Gasteiger partial charge < -0.3 is 10.6 Å². The van der Waals surface area contributed by atoms with Crippen molar-refractivity contribution in [1.82, 2.24) is 4.90 Å². The number of amidine groups is 1. The van der Waals surface area contributed by atoms with Gasteiger partial charge in [0.25, 0.3) is 0 Å². The molecule has 2 atom stereocenters. The predicted octanol–water partition coefficient (Wildman–Crippen LogP) is 2.84. The molecule has 5 heteroatoms. The molecule has 0 unspecified atom stereocenters. The highest BCUT2D eigenvalue weighted by molar-refractivity contribution is 8.13. The van der Waals surface area contributed by atoms with Gasteiger partial charge in [-0.15, -0.1) is 0 Å². The van der Waals surface area contributed by atoms with Crippen LogP contribution in [0.4, 0.5) is 0 Å². The van der Waals surface area contributed by atoms with E-state index < -0.39 is 0 Å². The number of benzene rings is 1. The lowest BCUT2D eigenvalue weighted by molar-refractivity contribution is -0.131. The lowest BCUT2D eigenvalue weighted by Crippen LogP contribution is -2.40. The van der Waals surface area contributed by atoms with Gasteiger partial charge in [0.2, 0.25) is 5.91 Å². The lowest BCUT2D eigenvalue weighted by atomic mass is 9.81. The van der Waals surface area contributed by atoms with Gasteiger partial charge in [0.1, 0.15) is 5.54 Å². The first-order valence-corrected chi connectivity index (χ1v) is 9.61. The summed E-state index contributed by atoms with van der Waals surface area (Å²) >= 11 is 1.62. The third-order valence-corrected chi connectivity index (χ3v) is 6.23. The van der Waals surface area contributed by atoms with Crippen LogP contribution in [0.3, 0.4) is 0 Å². The summed E-state index contributed by atoms with van der Waals surface area (Å²) in [6.45, 7) is 3.48. The largest absolute Gasteiger partial charge is 0.379 e. The quantitative estimate of drug-likeness (QED) is 0.920. The molecule has 4 nitrogen and oxygen atoms in total. The summed E-state index contributed by atoms with van der Waals surface area (Å²) < 4.78 is 0. The Morgan fingerprint density at radius 1 is 1.46 bits per heavy atom. The summed E-state index contributed by atoms with van der Waals surface area (Å²) in [4.78, 5) is 19.5. The third-order valence-electron chi connectivity index (χ3n) is 5.27. The Kier molecular flexibility index (Phi) is 3.91. The van der Waals surface area contributed by atoms with Crippen molar-refractivity contribution in [2.45, 2.75) is 25.3 Å². The third kappa shape index (κ3) is 2.65. The number of hydrogen-bond acceptors (Lipinski definition) is 4. The molecule has 2 N–H and O–H groups in total. The zero-order valence-electron chi connectivity index (χ0n) is 13.9. The molecule has 1 aromatic rings. The van der Waals surface area contributed by atoms with Gasteiger partial charge in [-0.1, -0.05) is 42.1 Å². The maximum atomic E-state index is 12.6. The van der Waals surface area contributed by atoms with Gasteiger partial charge in [-0.05, 0) is 37.0 Å². The minimum atomic E-state index is -0.378. The van der Waals surface area contributed by atoms with Gasteiger partial charge in [0.15, 0.2) is 5.17 Å². The number of nitrogens with two attached hydrogens (primary N) is 1. The van der Waals surface area contributed by atoms with E-state index in [4.69, 9.17) is 10.7 Å². The molecule has 1 saturated heterocycles. The van der Waals surface area contributed by atoms with E-state index in [0.717, 1.165) is 25.1 Å². The Morgan fingerprint density at radius 2 is 2.29 bits per heavy atom. The van der Waals surface area contributed by atoms with Crippen LogP contribution in [0.25, 0.3) is 6.08 Å². The van der Waals surface area contributed by atoms with Crippen LogP contribution in [0, 0.1) is 11.8 Å². The SMILES string of the molecule is CC=Cc1cccc([C@]23CN(C(=O)C4CC4)C[C@H]2CSC(N)=N3)c1. The number of carbonyl (C=O) groups is 1. The first kappa shape index (κ1) is 15.8. The van der Waals surface area contributed by atoms with E-state index in [2.05, 4.69) is 30.3 Å². The molecule has 1 amide bonds. The fourth-order valence-electron chi connectivity index (χ4n) is 3.89. The fraction of sp³-hybridized carbons (Fsp3) is 0.474. The number of fused-ring (bicyclic) bond motifs is 1. The first-order chi connectivity index (χ1) is 11.6. The van der Waals surface area contributed by atoms with Crippen LogP contribution < -0.4 is 5.73 Å². The van der Waals surface area contributed by atoms with Crippen LogP contribution in [0.15, 0.2) is 35.3 Å². The van der Waals surface area contributed by atoms with Crippen molar-refractivity contribution in [3.8, 4) is 0 Å². The molecule has 126 valence electrons. The standard InChI is InChI=1S/C19H23N3OS/c1-2-4-13-5-3-6-15(9-13)19-12-22(17(23)14-7-8-14)10-16(19)11-24-18(20)21-19/h2-6,9,14,16H,7-8,10-12H2,1H3,(H2,20,21)/t16-,19+/m0/s1. The summed E-state index contributed by atoms with van der Waals surface area (Å²) in [6.07, 6.45) is 6.23. The average Bonchev–Trinajstić information content (AvgIpc) is 3.35. The second kappa shape index (κ2) is 5.96. The topological polar surface area (TPSA) is 58.7 Å². The van der Waals surface area contributed by atoms with Crippen LogP contribution in [0.2, 0.25) is 0 Å². The number of likely N-dealkylation sites (tertiary alicyclic amines) is 1. The molecule has 0 radical (unpaired) electrons. The van der Waals surface area contributed by atoms with Gasteiger partial charge in [-0.2, -0.15) is 0 Å². The minimum Gasteiger partial charge on any atom is -0.379 e. The number of allylic oxidation sites excluding steroid dienone is 1. The lowest BCUT2D eigenvalue weighted by Gasteiger charge is -2.34. The van der Waals surface area contributed by atoms with Crippen molar-refractivity contribution in [2.24, 2.45) is 22.6 Å². The van der Waals surface area contributed by atoms with Gasteiger partial charge in [0, 0.05) is 24.1 Å². The van der Waals surface area contributed by atoms with Crippen molar-refractivity contribution in [3.63, 3.8) is 0 Å². The van der Waals surface area contributed by atoms with E-state index in [1.54, 1.807) is 11.8 Å². The molecule has 2 fully saturated rings. The van der Waals surface area contributed by atoms with E-state index in [9.17, 15) is 4.79 Å². The highest BCUT2D eigenvalue weighted by Crippen LogP contribution is 2.47. The monoisotopic (exact) mass is 341 g/mol. The Labute approximate surface area is 147 Å². The zero-order chi connectivity index (χ0) is 16.7. The minimum absolute atomic E-state index is 0.255. The van der Waals surface area contributed by atoms with E-state index in [1.807, 2.05) is 17.9 Å². The highest BCUT2D eigenvalue weighted by Gasteiger charge is 2.52. The maximum absolute atomic E-state index is 12.6. The average molecular weight is 341 g/mol. The number of carbonyl (C=O) groups excluding carboxylic acids is 1. The number of amides is 1. The molecular formula is C19H23N3OS. The van der Waals surface area contributed by atoms with Crippen LogP contribution in [-0.2, 0) is 10.3 Å². The molecule has 24 heavy (non-hydrogen) atoms. The van der Waals surface area contributed by atoms with Gasteiger partial charge >= 0.3 is 0 Å². The van der Waals surface area contributed by atoms with Crippen molar-refractivity contribution in [3.05, 3.63) is 41.5 Å². The molecular weight excluding hydrogens is 318 g/mol. The molecule has 1 saturated carbocycles. The second-order valence-electron chi connectivity index (χ2n) is 7.00. The Hall–Kier alpha value is -1.75. The van der Waals surface area contributed by atoms with Crippen molar-refractivity contribution < 1.29 is 4.79 Å². The van der Waals surface area contributed by atoms with Crippen molar-refractivity contribution in [2.75, 3.05) is 18.8 Å². The molecule has 4 rings (SSSR count). The highest BCUT2D eigenvalue weighted by atomic mass is 32.2. The molecule has 2 heterocycles. The zero-order valence-corrected chi connectivity index (χ0v) is 14.8. The normalized spacial score (nSPS) is 29.6. The van der Waals surface area contributed by atoms with Gasteiger partial charge in [-0.3, -0.25) is 4.79 Å². The van der Waals surface area contributed by atoms with Crippen LogP contribution in [0.1, 0.15) is 30.9 Å². The molecule has 3 aliphatic rings. The molecule has 0 bridgehead atoms. The maximum Gasteiger partial charge on any atom is 0.225 e. The first-order valence-electron chi connectivity index (χ1n) is 8.62. The van der Waals surface area contributed by atoms with Crippen molar-refractivity contribution in [1.29, 1.82) is 0 Å². The number of thioether (sulfide) groups is 1. The van der Waals surface area contributed by atoms with Crippen molar-refractivity contribution >= 4 is 28.9 Å².